The molecule has 0 radical (unpaired) electrons. The lowest BCUT2D eigenvalue weighted by atomic mass is 10.1. The van der Waals surface area contributed by atoms with Crippen LogP contribution in [0.2, 0.25) is 5.02 Å². The Bertz CT molecular complexity index is 1290. The van der Waals surface area contributed by atoms with Crippen molar-refractivity contribution < 1.29 is 4.79 Å². The first kappa shape index (κ1) is 19.9. The number of aryl methyl sites for hydroxylation is 3. The summed E-state index contributed by atoms with van der Waals surface area (Å²) in [5, 5.41) is 4.70. The third-order valence-corrected chi connectivity index (χ3v) is 5.26. The number of carbonyl (C=O) groups is 1. The zero-order valence-electron chi connectivity index (χ0n) is 17.1. The van der Waals surface area contributed by atoms with Crippen LogP contribution in [0.5, 0.6) is 0 Å². The van der Waals surface area contributed by atoms with Crippen LogP contribution in [0.15, 0.2) is 42.6 Å². The first-order valence-corrected chi connectivity index (χ1v) is 9.86. The molecule has 6 nitrogen and oxygen atoms in total. The maximum Gasteiger partial charge on any atom is 0.230 e. The molecule has 0 fully saturated rings. The second-order valence-electron chi connectivity index (χ2n) is 7.23. The molecule has 2 heterocycles. The number of nitrogens with one attached hydrogen (secondary N) is 1. The van der Waals surface area contributed by atoms with Gasteiger partial charge in [-0.1, -0.05) is 23.7 Å². The second-order valence-corrected chi connectivity index (χ2v) is 7.67. The lowest BCUT2D eigenvalue weighted by molar-refractivity contribution is 0.101. The number of nitrogens with zero attached hydrogens (tertiary/aromatic N) is 4. The molecular weight excluding hydrogens is 398 g/mol. The highest BCUT2D eigenvalue weighted by Gasteiger charge is 2.15. The predicted molar refractivity (Wildman–Crippen MR) is 120 cm³/mol. The van der Waals surface area contributed by atoms with Crippen LogP contribution >= 0.6 is 11.6 Å². The molecule has 2 aromatic carbocycles. The van der Waals surface area contributed by atoms with Crippen LogP contribution in [-0.2, 0) is 0 Å². The van der Waals surface area contributed by atoms with E-state index in [1.54, 1.807) is 12.1 Å². The van der Waals surface area contributed by atoms with Gasteiger partial charge in [-0.15, -0.1) is 0 Å². The number of hydrogen-bond donors (Lipinski definition) is 1. The summed E-state index contributed by atoms with van der Waals surface area (Å²) in [6.07, 6.45) is 1.52. The van der Waals surface area contributed by atoms with Gasteiger partial charge in [0.15, 0.2) is 5.78 Å². The molecule has 0 saturated carbocycles. The normalized spacial score (nSPS) is 11.0. The number of fused-ring (bicyclic) bond motifs is 1. The Kier molecular flexibility index (Phi) is 5.18. The molecule has 0 bridgehead atoms. The molecule has 1 N–H and O–H groups in total. The maximum atomic E-state index is 12.1. The highest BCUT2D eigenvalue weighted by atomic mass is 35.5. The van der Waals surface area contributed by atoms with E-state index in [0.717, 1.165) is 22.2 Å². The average molecular weight is 418 g/mol. The number of aromatic nitrogens is 4. The van der Waals surface area contributed by atoms with Gasteiger partial charge in [-0.2, -0.15) is 0 Å². The van der Waals surface area contributed by atoms with Crippen molar-refractivity contribution in [1.29, 1.82) is 0 Å². The van der Waals surface area contributed by atoms with Crippen LogP contribution in [0.1, 0.15) is 34.1 Å². The lowest BCUT2D eigenvalue weighted by Gasteiger charge is -2.11. The third kappa shape index (κ3) is 3.86. The van der Waals surface area contributed by atoms with Crippen LogP contribution < -0.4 is 5.32 Å². The fourth-order valence-electron chi connectivity index (χ4n) is 3.22. The number of rotatable bonds is 4. The first-order valence-electron chi connectivity index (χ1n) is 9.48. The first-order chi connectivity index (χ1) is 14.3. The largest absolute Gasteiger partial charge is 0.294 e. The fourth-order valence-corrected chi connectivity index (χ4v) is 3.35. The molecule has 7 heteroatoms. The van der Waals surface area contributed by atoms with Crippen LogP contribution in [0.3, 0.4) is 0 Å². The van der Waals surface area contributed by atoms with Gasteiger partial charge in [0.25, 0.3) is 0 Å². The van der Waals surface area contributed by atoms with Gasteiger partial charge in [0.2, 0.25) is 11.9 Å². The molecule has 4 rings (SSSR count). The number of anilines is 2. The monoisotopic (exact) mass is 417 g/mol. The summed E-state index contributed by atoms with van der Waals surface area (Å²) in [5.74, 6) is 0.601. The second kappa shape index (κ2) is 7.80. The van der Waals surface area contributed by atoms with E-state index in [2.05, 4.69) is 45.2 Å². The fraction of sp³-hybridized carbons (Fsp3) is 0.174. The Hall–Kier alpha value is -3.38. The van der Waals surface area contributed by atoms with Crippen LogP contribution in [0.4, 0.5) is 11.9 Å². The number of ketones is 1. The van der Waals surface area contributed by atoms with E-state index in [1.165, 1.54) is 24.2 Å². The molecule has 2 aromatic heterocycles. The van der Waals surface area contributed by atoms with Crippen LogP contribution in [0.25, 0.3) is 22.2 Å². The van der Waals surface area contributed by atoms with Gasteiger partial charge >= 0.3 is 0 Å². The minimum absolute atomic E-state index is 0.116. The molecule has 0 saturated heterocycles. The minimum atomic E-state index is -0.116. The summed E-state index contributed by atoms with van der Waals surface area (Å²) in [5.41, 5.74) is 5.82. The quantitative estimate of drug-likeness (QED) is 0.434. The SMILES string of the molecule is CC(=O)c1cnc(Nc2nc(C)c3cc(C)c(C)cc3n2)nc1-c1ccc(Cl)cc1. The van der Waals surface area contributed by atoms with E-state index in [4.69, 9.17) is 11.6 Å². The van der Waals surface area contributed by atoms with E-state index in [9.17, 15) is 4.79 Å². The van der Waals surface area contributed by atoms with Crippen LogP contribution in [-0.4, -0.2) is 25.7 Å². The van der Waals surface area contributed by atoms with E-state index < -0.39 is 0 Å². The van der Waals surface area contributed by atoms with Crippen molar-refractivity contribution in [3.05, 3.63) is 70.0 Å². The van der Waals surface area contributed by atoms with Crippen LogP contribution in [0, 0.1) is 20.8 Å². The molecule has 0 amide bonds. The van der Waals surface area contributed by atoms with Gasteiger partial charge in [0, 0.05) is 22.2 Å². The van der Waals surface area contributed by atoms with Gasteiger partial charge in [-0.3, -0.25) is 10.1 Å². The molecule has 0 unspecified atom stereocenters. The Balaban J connectivity index is 1.76. The molecule has 0 aliphatic carbocycles. The van der Waals surface area contributed by atoms with Crippen molar-refractivity contribution in [2.75, 3.05) is 5.32 Å². The summed E-state index contributed by atoms with van der Waals surface area (Å²) < 4.78 is 0. The highest BCUT2D eigenvalue weighted by Crippen LogP contribution is 2.26. The van der Waals surface area contributed by atoms with Gasteiger partial charge in [-0.05, 0) is 63.1 Å². The minimum Gasteiger partial charge on any atom is -0.294 e. The molecule has 4 aromatic rings. The Morgan fingerprint density at radius 3 is 2.33 bits per heavy atom. The zero-order chi connectivity index (χ0) is 21.4. The number of benzene rings is 2. The maximum absolute atomic E-state index is 12.1. The zero-order valence-corrected chi connectivity index (χ0v) is 17.9. The number of carbonyl (C=O) groups excluding carboxylic acids is 1. The molecule has 0 spiro atoms. The summed E-state index contributed by atoms with van der Waals surface area (Å²) in [6, 6.07) is 11.3. The average Bonchev–Trinajstić information content (AvgIpc) is 2.70. The van der Waals surface area contributed by atoms with Gasteiger partial charge in [-0.25, -0.2) is 19.9 Å². The molecule has 30 heavy (non-hydrogen) atoms. The van der Waals surface area contributed by atoms with Gasteiger partial charge in [0.05, 0.1) is 22.5 Å². The topological polar surface area (TPSA) is 80.7 Å². The van der Waals surface area contributed by atoms with E-state index in [-0.39, 0.29) is 5.78 Å². The number of halogens is 1. The standard InChI is InChI=1S/C23H20ClN5O/c1-12-9-18-14(3)26-23(27-20(18)10-13(12)2)29-22-25-11-19(15(4)30)21(28-22)16-5-7-17(24)8-6-16/h5-11H,1-4H3,(H,25,26,27,28,29). The van der Waals surface area contributed by atoms with E-state index in [1.807, 2.05) is 25.1 Å². The van der Waals surface area contributed by atoms with E-state index >= 15 is 0 Å². The Morgan fingerprint density at radius 1 is 0.933 bits per heavy atom. The van der Waals surface area contributed by atoms with E-state index in [0.29, 0.717) is 28.2 Å². The number of Topliss-reactive ketones (excluding diaryl/α,β-unsaturated/α-hetero) is 1. The summed E-state index contributed by atoms with van der Waals surface area (Å²) >= 11 is 5.99. The summed E-state index contributed by atoms with van der Waals surface area (Å²) in [6.45, 7) is 7.57. The molecular formula is C23H20ClN5O. The Labute approximate surface area is 179 Å². The van der Waals surface area contributed by atoms with Crippen molar-refractivity contribution in [1.82, 2.24) is 19.9 Å². The van der Waals surface area contributed by atoms with Crippen molar-refractivity contribution in [3.8, 4) is 11.3 Å². The molecule has 150 valence electrons. The molecule has 0 aliphatic heterocycles. The van der Waals surface area contributed by atoms with Crippen molar-refractivity contribution in [2.45, 2.75) is 27.7 Å². The third-order valence-electron chi connectivity index (χ3n) is 5.01. The smallest absolute Gasteiger partial charge is 0.230 e. The van der Waals surface area contributed by atoms with Gasteiger partial charge < -0.3 is 0 Å². The van der Waals surface area contributed by atoms with Crippen molar-refractivity contribution in [2.24, 2.45) is 0 Å². The summed E-state index contributed by atoms with van der Waals surface area (Å²) in [4.78, 5) is 30.1. The highest BCUT2D eigenvalue weighted by molar-refractivity contribution is 6.30. The van der Waals surface area contributed by atoms with Gasteiger partial charge in [0.1, 0.15) is 0 Å². The summed E-state index contributed by atoms with van der Waals surface area (Å²) in [7, 11) is 0. The predicted octanol–water partition coefficient (Wildman–Crippen LogP) is 5.61. The molecule has 0 atom stereocenters. The Morgan fingerprint density at radius 2 is 1.63 bits per heavy atom. The molecule has 0 aliphatic rings. The van der Waals surface area contributed by atoms with Crippen molar-refractivity contribution in [3.63, 3.8) is 0 Å². The lowest BCUT2D eigenvalue weighted by Crippen LogP contribution is -2.07. The number of hydrogen-bond acceptors (Lipinski definition) is 6. The van der Waals surface area contributed by atoms with Crippen molar-refractivity contribution >= 4 is 40.2 Å².